The zero-order valence-electron chi connectivity index (χ0n) is 10.5. The molecule has 0 saturated carbocycles. The highest BCUT2D eigenvalue weighted by molar-refractivity contribution is 5.73. The van der Waals surface area contributed by atoms with Crippen molar-refractivity contribution < 1.29 is 4.79 Å². The van der Waals surface area contributed by atoms with Crippen molar-refractivity contribution in [1.82, 2.24) is 10.2 Å². The number of hydrogen-bond donors (Lipinski definition) is 1. The first-order valence-corrected chi connectivity index (χ1v) is 6.18. The second-order valence-electron chi connectivity index (χ2n) is 4.96. The first-order valence-electron chi connectivity index (χ1n) is 6.18. The number of benzene rings is 1. The lowest BCUT2D eigenvalue weighted by Crippen LogP contribution is -2.38. The fourth-order valence-corrected chi connectivity index (χ4v) is 2.49. The van der Waals surface area contributed by atoms with Crippen molar-refractivity contribution in [3.05, 3.63) is 35.9 Å². The standard InChI is InChI=1S/C14H20N2O/c1-11-8-16(10-14(11)15-12(2)17)9-13-6-4-3-5-7-13/h3-7,11,14H,8-10H2,1-2H3,(H,15,17). The third-order valence-electron chi connectivity index (χ3n) is 3.33. The van der Waals surface area contributed by atoms with E-state index in [1.54, 1.807) is 6.92 Å². The zero-order valence-corrected chi connectivity index (χ0v) is 10.5. The highest BCUT2D eigenvalue weighted by atomic mass is 16.1. The molecule has 1 aromatic rings. The molecule has 0 bridgehead atoms. The Bertz CT molecular complexity index is 377. The van der Waals surface area contributed by atoms with Gasteiger partial charge in [0.1, 0.15) is 0 Å². The highest BCUT2D eigenvalue weighted by Crippen LogP contribution is 2.18. The molecule has 1 aromatic carbocycles. The van der Waals surface area contributed by atoms with E-state index < -0.39 is 0 Å². The third kappa shape index (κ3) is 3.30. The molecule has 17 heavy (non-hydrogen) atoms. The number of amides is 1. The van der Waals surface area contributed by atoms with Gasteiger partial charge in [-0.05, 0) is 11.5 Å². The topological polar surface area (TPSA) is 32.3 Å². The van der Waals surface area contributed by atoms with Gasteiger partial charge in [0.25, 0.3) is 0 Å². The predicted octanol–water partition coefficient (Wildman–Crippen LogP) is 1.64. The van der Waals surface area contributed by atoms with Gasteiger partial charge < -0.3 is 5.32 Å². The first-order chi connectivity index (χ1) is 8.15. The fraction of sp³-hybridized carbons (Fsp3) is 0.500. The molecule has 0 aliphatic carbocycles. The molecule has 1 saturated heterocycles. The lowest BCUT2D eigenvalue weighted by atomic mass is 10.1. The number of rotatable bonds is 3. The largest absolute Gasteiger partial charge is 0.352 e. The molecular weight excluding hydrogens is 212 g/mol. The van der Waals surface area contributed by atoms with Crippen LogP contribution in [0.5, 0.6) is 0 Å². The number of carbonyl (C=O) groups excluding carboxylic acids is 1. The minimum absolute atomic E-state index is 0.0726. The second-order valence-corrected chi connectivity index (χ2v) is 4.96. The molecule has 1 N–H and O–H groups in total. The summed E-state index contributed by atoms with van der Waals surface area (Å²) in [4.78, 5) is 13.5. The molecule has 3 nitrogen and oxygen atoms in total. The van der Waals surface area contributed by atoms with Crippen LogP contribution in [0.4, 0.5) is 0 Å². The third-order valence-corrected chi connectivity index (χ3v) is 3.33. The molecule has 1 aliphatic rings. The lowest BCUT2D eigenvalue weighted by molar-refractivity contribution is -0.119. The summed E-state index contributed by atoms with van der Waals surface area (Å²) in [6.45, 7) is 6.77. The van der Waals surface area contributed by atoms with E-state index in [2.05, 4.69) is 41.4 Å². The molecule has 0 spiro atoms. The van der Waals surface area contributed by atoms with Crippen molar-refractivity contribution in [2.75, 3.05) is 13.1 Å². The van der Waals surface area contributed by atoms with Gasteiger partial charge in [0, 0.05) is 32.6 Å². The second kappa shape index (κ2) is 5.32. The van der Waals surface area contributed by atoms with E-state index in [9.17, 15) is 4.79 Å². The summed E-state index contributed by atoms with van der Waals surface area (Å²) in [5, 5.41) is 3.03. The van der Waals surface area contributed by atoms with Crippen LogP contribution in [0.15, 0.2) is 30.3 Å². The van der Waals surface area contributed by atoms with Crippen LogP contribution in [0.3, 0.4) is 0 Å². The molecule has 0 aromatic heterocycles. The van der Waals surface area contributed by atoms with Crippen molar-refractivity contribution in [2.45, 2.75) is 26.4 Å². The van der Waals surface area contributed by atoms with E-state index in [0.29, 0.717) is 12.0 Å². The van der Waals surface area contributed by atoms with E-state index >= 15 is 0 Å². The van der Waals surface area contributed by atoms with Crippen LogP contribution in [-0.2, 0) is 11.3 Å². The Hall–Kier alpha value is -1.35. The van der Waals surface area contributed by atoms with Crippen LogP contribution < -0.4 is 5.32 Å². The van der Waals surface area contributed by atoms with Crippen molar-refractivity contribution in [1.29, 1.82) is 0 Å². The van der Waals surface area contributed by atoms with Crippen LogP contribution >= 0.6 is 0 Å². The van der Waals surface area contributed by atoms with E-state index in [4.69, 9.17) is 0 Å². The number of nitrogens with one attached hydrogen (secondary N) is 1. The minimum Gasteiger partial charge on any atom is -0.352 e. The van der Waals surface area contributed by atoms with Crippen LogP contribution in [0.1, 0.15) is 19.4 Å². The van der Waals surface area contributed by atoms with Crippen molar-refractivity contribution in [3.8, 4) is 0 Å². The lowest BCUT2D eigenvalue weighted by Gasteiger charge is -2.16. The first kappa shape index (κ1) is 12.1. The van der Waals surface area contributed by atoms with Gasteiger partial charge in [-0.15, -0.1) is 0 Å². The van der Waals surface area contributed by atoms with Crippen molar-refractivity contribution >= 4 is 5.91 Å². The van der Waals surface area contributed by atoms with Crippen LogP contribution in [-0.4, -0.2) is 29.9 Å². The van der Waals surface area contributed by atoms with Gasteiger partial charge in [-0.2, -0.15) is 0 Å². The predicted molar refractivity (Wildman–Crippen MR) is 68.5 cm³/mol. The SMILES string of the molecule is CC(=O)NC1CN(Cc2ccccc2)CC1C. The Morgan fingerprint density at radius 2 is 2.06 bits per heavy atom. The maximum atomic E-state index is 11.1. The van der Waals surface area contributed by atoms with Crippen LogP contribution in [0.25, 0.3) is 0 Å². The van der Waals surface area contributed by atoms with Crippen molar-refractivity contribution in [2.24, 2.45) is 5.92 Å². The summed E-state index contributed by atoms with van der Waals surface area (Å²) in [7, 11) is 0. The average Bonchev–Trinajstić information content (AvgIpc) is 2.59. The van der Waals surface area contributed by atoms with Gasteiger partial charge in [0.15, 0.2) is 0 Å². The van der Waals surface area contributed by atoms with Gasteiger partial charge in [-0.25, -0.2) is 0 Å². The number of hydrogen-bond acceptors (Lipinski definition) is 2. The fourth-order valence-electron chi connectivity index (χ4n) is 2.49. The Labute approximate surface area is 103 Å². The van der Waals surface area contributed by atoms with E-state index in [1.807, 2.05) is 6.07 Å². The quantitative estimate of drug-likeness (QED) is 0.859. The number of carbonyl (C=O) groups is 1. The number of likely N-dealkylation sites (tertiary alicyclic amines) is 1. The highest BCUT2D eigenvalue weighted by Gasteiger charge is 2.29. The van der Waals surface area contributed by atoms with Crippen LogP contribution in [0.2, 0.25) is 0 Å². The normalized spacial score (nSPS) is 24.8. The summed E-state index contributed by atoms with van der Waals surface area (Å²) < 4.78 is 0. The van der Waals surface area contributed by atoms with E-state index in [-0.39, 0.29) is 5.91 Å². The molecule has 92 valence electrons. The monoisotopic (exact) mass is 232 g/mol. The van der Waals surface area contributed by atoms with Gasteiger partial charge in [-0.1, -0.05) is 37.3 Å². The van der Waals surface area contributed by atoms with Crippen LogP contribution in [0, 0.1) is 5.92 Å². The summed E-state index contributed by atoms with van der Waals surface area (Å²) in [5.74, 6) is 0.603. The summed E-state index contributed by atoms with van der Waals surface area (Å²) in [5.41, 5.74) is 1.34. The van der Waals surface area contributed by atoms with Gasteiger partial charge in [0.05, 0.1) is 0 Å². The Balaban J connectivity index is 1.91. The average molecular weight is 232 g/mol. The summed E-state index contributed by atoms with van der Waals surface area (Å²) >= 11 is 0. The molecule has 1 fully saturated rings. The molecule has 0 radical (unpaired) electrons. The van der Waals surface area contributed by atoms with Gasteiger partial charge in [-0.3, -0.25) is 9.69 Å². The molecule has 1 amide bonds. The molecule has 1 aliphatic heterocycles. The summed E-state index contributed by atoms with van der Waals surface area (Å²) in [6.07, 6.45) is 0. The van der Waals surface area contributed by atoms with E-state index in [0.717, 1.165) is 19.6 Å². The smallest absolute Gasteiger partial charge is 0.217 e. The molecule has 3 heteroatoms. The maximum Gasteiger partial charge on any atom is 0.217 e. The Kier molecular flexibility index (Phi) is 3.79. The minimum atomic E-state index is 0.0726. The Morgan fingerprint density at radius 3 is 2.71 bits per heavy atom. The molecule has 2 atom stereocenters. The zero-order chi connectivity index (χ0) is 12.3. The summed E-state index contributed by atoms with van der Waals surface area (Å²) in [6, 6.07) is 10.8. The molecule has 1 heterocycles. The van der Waals surface area contributed by atoms with Crippen molar-refractivity contribution in [3.63, 3.8) is 0 Å². The maximum absolute atomic E-state index is 11.1. The molecular formula is C14H20N2O. The van der Waals surface area contributed by atoms with Gasteiger partial charge >= 0.3 is 0 Å². The number of nitrogens with zero attached hydrogens (tertiary/aromatic N) is 1. The van der Waals surface area contributed by atoms with E-state index in [1.165, 1.54) is 5.56 Å². The van der Waals surface area contributed by atoms with Gasteiger partial charge in [0.2, 0.25) is 5.91 Å². The molecule has 2 unspecified atom stereocenters. The Morgan fingerprint density at radius 1 is 1.35 bits per heavy atom. The molecule has 2 rings (SSSR count).